The molecule has 0 aliphatic heterocycles. The van der Waals surface area contributed by atoms with Gasteiger partial charge in [0.2, 0.25) is 0 Å². The van der Waals surface area contributed by atoms with Gasteiger partial charge in [-0.25, -0.2) is 4.98 Å². The van der Waals surface area contributed by atoms with E-state index in [9.17, 15) is 4.79 Å². The Morgan fingerprint density at radius 1 is 0.952 bits per heavy atom. The number of nitrogens with zero attached hydrogens (tertiary/aromatic N) is 3. The summed E-state index contributed by atoms with van der Waals surface area (Å²) in [4.78, 5) is 17.1. The first-order valence-electron chi connectivity index (χ1n) is 6.22. The van der Waals surface area contributed by atoms with Gasteiger partial charge in [-0.05, 0) is 18.2 Å². The molecule has 0 saturated carbocycles. The first-order chi connectivity index (χ1) is 10.1. The van der Waals surface area contributed by atoms with Crippen molar-refractivity contribution in [2.24, 2.45) is 0 Å². The molecule has 4 rings (SSSR count). The Hall–Kier alpha value is -2.17. The Balaban J connectivity index is 2.34. The summed E-state index contributed by atoms with van der Waals surface area (Å²) in [5.74, 6) is 0. The number of halogens is 2. The van der Waals surface area contributed by atoms with Gasteiger partial charge in [0.1, 0.15) is 0 Å². The number of hydrogen-bond donors (Lipinski definition) is 0. The maximum Gasteiger partial charge on any atom is 0.282 e. The number of fused-ring (bicyclic) bond motifs is 4. The van der Waals surface area contributed by atoms with Crippen molar-refractivity contribution in [2.75, 3.05) is 0 Å². The highest BCUT2D eigenvalue weighted by Gasteiger charge is 2.12. The van der Waals surface area contributed by atoms with Crippen LogP contribution in [0.1, 0.15) is 0 Å². The molecule has 21 heavy (non-hydrogen) atoms. The van der Waals surface area contributed by atoms with Crippen LogP contribution in [0.15, 0.2) is 47.3 Å². The Bertz CT molecular complexity index is 1090. The average molecular weight is 316 g/mol. The second-order valence-corrected chi connectivity index (χ2v) is 5.44. The molecule has 2 aromatic carbocycles. The van der Waals surface area contributed by atoms with E-state index in [2.05, 4.69) is 10.1 Å². The summed E-state index contributed by atoms with van der Waals surface area (Å²) in [5.41, 5.74) is 0.777. The van der Waals surface area contributed by atoms with E-state index in [1.165, 1.54) is 4.52 Å². The Morgan fingerprint density at radius 2 is 1.71 bits per heavy atom. The molecular formula is C15H7Cl2N3O. The molecule has 102 valence electrons. The van der Waals surface area contributed by atoms with Crippen molar-refractivity contribution in [2.45, 2.75) is 0 Å². The van der Waals surface area contributed by atoms with Crippen molar-refractivity contribution in [1.29, 1.82) is 0 Å². The van der Waals surface area contributed by atoms with Gasteiger partial charge < -0.3 is 0 Å². The quantitative estimate of drug-likeness (QED) is 0.367. The molecule has 4 nitrogen and oxygen atoms in total. The van der Waals surface area contributed by atoms with Gasteiger partial charge in [-0.3, -0.25) is 4.79 Å². The average Bonchev–Trinajstić information content (AvgIpc) is 2.50. The molecular weight excluding hydrogens is 309 g/mol. The summed E-state index contributed by atoms with van der Waals surface area (Å²) in [7, 11) is 0. The van der Waals surface area contributed by atoms with Gasteiger partial charge in [0, 0.05) is 15.8 Å². The normalized spacial score (nSPS) is 11.5. The molecule has 2 heterocycles. The summed E-state index contributed by atoms with van der Waals surface area (Å²) in [6.45, 7) is 0. The molecule has 0 bridgehead atoms. The highest BCUT2D eigenvalue weighted by Crippen LogP contribution is 2.24. The number of rotatable bonds is 0. The molecule has 0 aliphatic rings. The van der Waals surface area contributed by atoms with E-state index in [1.54, 1.807) is 18.2 Å². The van der Waals surface area contributed by atoms with Crippen LogP contribution >= 0.6 is 23.2 Å². The Morgan fingerprint density at radius 3 is 2.52 bits per heavy atom. The van der Waals surface area contributed by atoms with Gasteiger partial charge in [0.25, 0.3) is 5.56 Å². The van der Waals surface area contributed by atoms with Gasteiger partial charge in [-0.1, -0.05) is 47.5 Å². The number of hydrogen-bond acceptors (Lipinski definition) is 3. The summed E-state index contributed by atoms with van der Waals surface area (Å²) < 4.78 is 1.23. The SMILES string of the molecule is O=c1c2cc(Cl)ccc2nc2c3ccccc3c(Cl)nn12. The standard InChI is InChI=1S/C15H7Cl2N3O/c16-8-5-6-12-11(7-8)15(21)20-14(18-12)10-4-2-1-3-9(10)13(17)19-20/h1-7H. The van der Waals surface area contributed by atoms with Crippen LogP contribution in [0.2, 0.25) is 10.2 Å². The molecule has 0 atom stereocenters. The van der Waals surface area contributed by atoms with E-state index < -0.39 is 0 Å². The molecule has 0 amide bonds. The molecule has 0 N–H and O–H groups in total. The van der Waals surface area contributed by atoms with E-state index >= 15 is 0 Å². The lowest BCUT2D eigenvalue weighted by Gasteiger charge is -2.07. The van der Waals surface area contributed by atoms with Gasteiger partial charge in [-0.2, -0.15) is 9.61 Å². The van der Waals surface area contributed by atoms with Crippen LogP contribution in [0.4, 0.5) is 0 Å². The van der Waals surface area contributed by atoms with Crippen LogP contribution in [0.3, 0.4) is 0 Å². The minimum Gasteiger partial charge on any atom is -0.267 e. The third kappa shape index (κ3) is 1.80. The van der Waals surface area contributed by atoms with Crippen LogP contribution < -0.4 is 5.56 Å². The summed E-state index contributed by atoms with van der Waals surface area (Å²) in [6.07, 6.45) is 0. The molecule has 0 saturated heterocycles. The zero-order valence-electron chi connectivity index (χ0n) is 10.5. The van der Waals surface area contributed by atoms with Crippen molar-refractivity contribution in [1.82, 2.24) is 14.6 Å². The fourth-order valence-corrected chi connectivity index (χ4v) is 2.83. The van der Waals surface area contributed by atoms with Gasteiger partial charge >= 0.3 is 0 Å². The number of aromatic nitrogens is 3. The highest BCUT2D eigenvalue weighted by atomic mass is 35.5. The van der Waals surface area contributed by atoms with Gasteiger partial charge in [-0.15, -0.1) is 0 Å². The molecule has 0 unspecified atom stereocenters. The van der Waals surface area contributed by atoms with Crippen LogP contribution in [0.5, 0.6) is 0 Å². The van der Waals surface area contributed by atoms with E-state index in [4.69, 9.17) is 23.2 Å². The fraction of sp³-hybridized carbons (Fsp3) is 0. The lowest BCUT2D eigenvalue weighted by Crippen LogP contribution is -2.18. The molecule has 2 aromatic heterocycles. The summed E-state index contributed by atoms with van der Waals surface area (Å²) in [5, 5.41) is 6.86. The van der Waals surface area contributed by atoms with Crippen molar-refractivity contribution >= 4 is 50.5 Å². The highest BCUT2D eigenvalue weighted by molar-refractivity contribution is 6.34. The molecule has 0 aliphatic carbocycles. The minimum atomic E-state index is -0.287. The Kier molecular flexibility index (Phi) is 2.64. The van der Waals surface area contributed by atoms with E-state index in [0.29, 0.717) is 21.6 Å². The lowest BCUT2D eigenvalue weighted by atomic mass is 10.2. The summed E-state index contributed by atoms with van der Waals surface area (Å²) in [6, 6.07) is 12.5. The molecule has 0 fully saturated rings. The zero-order valence-corrected chi connectivity index (χ0v) is 12.1. The molecule has 4 aromatic rings. The van der Waals surface area contributed by atoms with Crippen LogP contribution in [0.25, 0.3) is 27.3 Å². The van der Waals surface area contributed by atoms with Crippen LogP contribution in [0, 0.1) is 0 Å². The maximum absolute atomic E-state index is 12.6. The Labute approximate surface area is 128 Å². The third-order valence-corrected chi connectivity index (χ3v) is 3.90. The predicted molar refractivity (Wildman–Crippen MR) is 84.3 cm³/mol. The van der Waals surface area contributed by atoms with Gasteiger partial charge in [0.15, 0.2) is 10.8 Å². The topological polar surface area (TPSA) is 47.3 Å². The van der Waals surface area contributed by atoms with E-state index in [1.807, 2.05) is 24.3 Å². The second-order valence-electron chi connectivity index (χ2n) is 4.65. The number of benzene rings is 2. The first-order valence-corrected chi connectivity index (χ1v) is 6.97. The zero-order chi connectivity index (χ0) is 14.6. The van der Waals surface area contributed by atoms with Crippen molar-refractivity contribution in [3.8, 4) is 0 Å². The maximum atomic E-state index is 12.6. The minimum absolute atomic E-state index is 0.267. The molecule has 6 heteroatoms. The predicted octanol–water partition coefficient (Wildman–Crippen LogP) is 3.70. The fourth-order valence-electron chi connectivity index (χ4n) is 2.42. The largest absolute Gasteiger partial charge is 0.282 e. The van der Waals surface area contributed by atoms with E-state index in [-0.39, 0.29) is 10.7 Å². The monoisotopic (exact) mass is 315 g/mol. The van der Waals surface area contributed by atoms with Crippen molar-refractivity contribution < 1.29 is 0 Å². The van der Waals surface area contributed by atoms with Crippen LogP contribution in [-0.4, -0.2) is 14.6 Å². The third-order valence-electron chi connectivity index (χ3n) is 3.39. The smallest absolute Gasteiger partial charge is 0.267 e. The molecule has 0 radical (unpaired) electrons. The molecule has 0 spiro atoms. The second kappa shape index (κ2) is 4.41. The van der Waals surface area contributed by atoms with Crippen molar-refractivity contribution in [3.05, 3.63) is 63.0 Å². The van der Waals surface area contributed by atoms with E-state index in [0.717, 1.165) is 10.8 Å². The first kappa shape index (κ1) is 12.6. The van der Waals surface area contributed by atoms with Crippen LogP contribution in [-0.2, 0) is 0 Å². The lowest BCUT2D eigenvalue weighted by molar-refractivity contribution is 0.892. The summed E-state index contributed by atoms with van der Waals surface area (Å²) >= 11 is 12.1. The van der Waals surface area contributed by atoms with Crippen molar-refractivity contribution in [3.63, 3.8) is 0 Å². The van der Waals surface area contributed by atoms with Gasteiger partial charge in [0.05, 0.1) is 10.9 Å².